The van der Waals surface area contributed by atoms with Crippen LogP contribution < -0.4 is 0 Å². The maximum Gasteiger partial charge on any atom is 0.309 e. The van der Waals surface area contributed by atoms with E-state index in [1.165, 1.54) is 25.7 Å². The highest BCUT2D eigenvalue weighted by Gasteiger charge is 2.71. The van der Waals surface area contributed by atoms with Crippen molar-refractivity contribution >= 4 is 11.9 Å². The summed E-state index contributed by atoms with van der Waals surface area (Å²) in [5.41, 5.74) is 0.140. The van der Waals surface area contributed by atoms with Gasteiger partial charge in [0.1, 0.15) is 6.10 Å². The summed E-state index contributed by atoms with van der Waals surface area (Å²) >= 11 is 0. The van der Waals surface area contributed by atoms with Crippen molar-refractivity contribution in [3.8, 4) is 0 Å². The van der Waals surface area contributed by atoms with Crippen molar-refractivity contribution in [3.63, 3.8) is 0 Å². The van der Waals surface area contributed by atoms with Gasteiger partial charge in [-0.3, -0.25) is 9.59 Å². The number of carboxylic acids is 1. The third-order valence-corrected chi connectivity index (χ3v) is 14.3. The summed E-state index contributed by atoms with van der Waals surface area (Å²) < 4.78 is 5.89. The average molecular weight is 501 g/mol. The van der Waals surface area contributed by atoms with Gasteiger partial charge in [-0.1, -0.05) is 48.5 Å². The molecule has 0 unspecified atom stereocenters. The summed E-state index contributed by atoms with van der Waals surface area (Å²) in [5, 5.41) is 10.6. The van der Waals surface area contributed by atoms with Crippen LogP contribution in [0.5, 0.6) is 0 Å². The third kappa shape index (κ3) is 3.23. The second-order valence-electron chi connectivity index (χ2n) is 15.5. The van der Waals surface area contributed by atoms with E-state index in [2.05, 4.69) is 48.5 Å². The Morgan fingerprint density at radius 3 is 2.11 bits per heavy atom. The van der Waals surface area contributed by atoms with Gasteiger partial charge in [-0.15, -0.1) is 0 Å². The second-order valence-corrected chi connectivity index (χ2v) is 15.5. The van der Waals surface area contributed by atoms with Crippen LogP contribution in [0.1, 0.15) is 120 Å². The van der Waals surface area contributed by atoms with Gasteiger partial charge in [0, 0.05) is 12.3 Å². The maximum absolute atomic E-state index is 12.9. The molecule has 0 saturated heterocycles. The average Bonchev–Trinajstić information content (AvgIpc) is 2.78. The predicted octanol–water partition coefficient (Wildman–Crippen LogP) is 7.74. The number of carbonyl (C=O) groups excluding carboxylic acids is 1. The molecule has 36 heavy (non-hydrogen) atoms. The van der Waals surface area contributed by atoms with E-state index < -0.39 is 11.4 Å². The predicted molar refractivity (Wildman–Crippen MR) is 142 cm³/mol. The Morgan fingerprint density at radius 2 is 1.47 bits per heavy atom. The van der Waals surface area contributed by atoms with E-state index in [0.29, 0.717) is 35.5 Å². The van der Waals surface area contributed by atoms with Crippen molar-refractivity contribution in [1.82, 2.24) is 0 Å². The molecule has 204 valence electrons. The van der Waals surface area contributed by atoms with Gasteiger partial charge in [-0.2, -0.15) is 0 Å². The molecular formula is C32H52O4. The summed E-state index contributed by atoms with van der Waals surface area (Å²) in [6.45, 7) is 18.8. The van der Waals surface area contributed by atoms with Crippen molar-refractivity contribution in [2.45, 2.75) is 126 Å². The van der Waals surface area contributed by atoms with Gasteiger partial charge >= 0.3 is 11.9 Å². The van der Waals surface area contributed by atoms with Gasteiger partial charge in [0.15, 0.2) is 0 Å². The molecular weight excluding hydrogens is 448 g/mol. The lowest BCUT2D eigenvalue weighted by Crippen LogP contribution is -2.68. The topological polar surface area (TPSA) is 63.6 Å². The van der Waals surface area contributed by atoms with E-state index in [-0.39, 0.29) is 33.7 Å². The fraction of sp³-hybridized carbons (Fsp3) is 0.938. The minimum Gasteiger partial charge on any atom is -0.481 e. The first-order valence-electron chi connectivity index (χ1n) is 15.1. The highest BCUT2D eigenvalue weighted by Crippen LogP contribution is 2.77. The molecule has 4 heteroatoms. The Bertz CT molecular complexity index is 925. The highest BCUT2D eigenvalue weighted by molar-refractivity contribution is 5.75. The molecule has 4 nitrogen and oxygen atoms in total. The number of hydrogen-bond acceptors (Lipinski definition) is 3. The van der Waals surface area contributed by atoms with Crippen LogP contribution in [0.25, 0.3) is 0 Å². The quantitative estimate of drug-likeness (QED) is 0.394. The normalized spacial score (nSPS) is 53.7. The van der Waals surface area contributed by atoms with Gasteiger partial charge in [-0.25, -0.2) is 0 Å². The number of ether oxygens (including phenoxy) is 1. The van der Waals surface area contributed by atoms with E-state index in [4.69, 9.17) is 4.74 Å². The van der Waals surface area contributed by atoms with E-state index in [9.17, 15) is 14.7 Å². The van der Waals surface area contributed by atoms with Crippen LogP contribution in [0.15, 0.2) is 0 Å². The molecule has 0 aromatic heterocycles. The zero-order valence-electron chi connectivity index (χ0n) is 24.3. The minimum absolute atomic E-state index is 0.0137. The molecule has 11 atom stereocenters. The first-order valence-corrected chi connectivity index (χ1v) is 15.1. The number of fused-ring (bicyclic) bond motifs is 7. The molecule has 0 heterocycles. The number of carboxylic acid groups (broad SMARTS) is 1. The smallest absolute Gasteiger partial charge is 0.309 e. The molecule has 5 aliphatic rings. The molecule has 0 bridgehead atoms. The molecule has 5 fully saturated rings. The van der Waals surface area contributed by atoms with E-state index >= 15 is 0 Å². The van der Waals surface area contributed by atoms with Gasteiger partial charge in [0.2, 0.25) is 0 Å². The SMILES string of the molecule is CC(=O)O[C@H]1CC[C@]2(C)[C@H]3CC[C@H]4[C@@H]5[C@@H](C)[C@H](C)CC[C@@]5(C(=O)O)CC[C@@]4(C)[C@]3(C)CC[C@H]2C1(C)C. The molecule has 0 radical (unpaired) electrons. The summed E-state index contributed by atoms with van der Waals surface area (Å²) in [5.74, 6) is 2.44. The van der Waals surface area contributed by atoms with Gasteiger partial charge < -0.3 is 9.84 Å². The lowest BCUT2D eigenvalue weighted by atomic mass is 9.31. The van der Waals surface area contributed by atoms with Crippen LogP contribution in [0.3, 0.4) is 0 Å². The van der Waals surface area contributed by atoms with Crippen molar-refractivity contribution in [1.29, 1.82) is 0 Å². The van der Waals surface area contributed by atoms with Gasteiger partial charge in [0.05, 0.1) is 5.41 Å². The Balaban J connectivity index is 1.52. The highest BCUT2D eigenvalue weighted by atomic mass is 16.5. The summed E-state index contributed by atoms with van der Waals surface area (Å²) in [7, 11) is 0. The molecule has 0 aliphatic heterocycles. The fourth-order valence-corrected chi connectivity index (χ4v) is 12.1. The molecule has 0 aromatic rings. The molecule has 5 rings (SSSR count). The van der Waals surface area contributed by atoms with Crippen molar-refractivity contribution in [2.24, 2.45) is 62.6 Å². The molecule has 5 saturated carbocycles. The largest absolute Gasteiger partial charge is 0.481 e. The number of hydrogen-bond donors (Lipinski definition) is 1. The number of carbonyl (C=O) groups is 2. The Hall–Kier alpha value is -1.06. The van der Waals surface area contributed by atoms with Crippen molar-refractivity contribution in [2.75, 3.05) is 0 Å². The van der Waals surface area contributed by atoms with E-state index in [1.807, 2.05) is 0 Å². The minimum atomic E-state index is -0.512. The van der Waals surface area contributed by atoms with Gasteiger partial charge in [-0.05, 0) is 116 Å². The summed E-state index contributed by atoms with van der Waals surface area (Å²) in [6.07, 6.45) is 10.8. The van der Waals surface area contributed by atoms with E-state index in [0.717, 1.165) is 38.5 Å². The van der Waals surface area contributed by atoms with Crippen LogP contribution in [-0.2, 0) is 14.3 Å². The van der Waals surface area contributed by atoms with Crippen LogP contribution in [0.4, 0.5) is 0 Å². The zero-order chi connectivity index (χ0) is 26.5. The van der Waals surface area contributed by atoms with Crippen LogP contribution in [0.2, 0.25) is 0 Å². The number of esters is 1. The maximum atomic E-state index is 12.9. The number of rotatable bonds is 2. The Labute approximate surface area is 219 Å². The molecule has 1 N–H and O–H groups in total. The molecule has 0 amide bonds. The Kier molecular flexibility index (Phi) is 6.06. The number of aliphatic carboxylic acids is 1. The zero-order valence-corrected chi connectivity index (χ0v) is 24.3. The first kappa shape index (κ1) is 26.5. The fourth-order valence-electron chi connectivity index (χ4n) is 12.1. The lowest BCUT2D eigenvalue weighted by Gasteiger charge is -2.73. The van der Waals surface area contributed by atoms with Crippen LogP contribution >= 0.6 is 0 Å². The monoisotopic (exact) mass is 500 g/mol. The second kappa shape index (κ2) is 8.22. The lowest BCUT2D eigenvalue weighted by molar-refractivity contribution is -0.259. The van der Waals surface area contributed by atoms with Crippen molar-refractivity contribution in [3.05, 3.63) is 0 Å². The van der Waals surface area contributed by atoms with Crippen LogP contribution in [-0.4, -0.2) is 23.1 Å². The molecule has 5 aliphatic carbocycles. The standard InChI is InChI=1S/C32H52O4/c1-19-11-16-32(27(34)35)18-17-30(7)22(26(32)20(19)2)9-10-24-29(6)14-13-25(36-21(3)33)28(4,5)23(29)12-15-31(24,30)8/h19-20,22-26H,9-18H2,1-8H3,(H,34,35)/t19-,20+,22+,23+,24-,25+,26+,29+,30-,31-,32-/m1/s1. The third-order valence-electron chi connectivity index (χ3n) is 14.3. The van der Waals surface area contributed by atoms with Crippen molar-refractivity contribution < 1.29 is 19.4 Å². The Morgan fingerprint density at radius 1 is 0.778 bits per heavy atom. The molecule has 0 spiro atoms. The van der Waals surface area contributed by atoms with Gasteiger partial charge in [0.25, 0.3) is 0 Å². The van der Waals surface area contributed by atoms with Crippen LogP contribution in [0, 0.1) is 62.6 Å². The summed E-state index contributed by atoms with van der Waals surface area (Å²) in [6, 6.07) is 0. The molecule has 0 aromatic carbocycles. The summed E-state index contributed by atoms with van der Waals surface area (Å²) in [4.78, 5) is 24.8. The first-order chi connectivity index (χ1) is 16.6. The van der Waals surface area contributed by atoms with E-state index in [1.54, 1.807) is 6.92 Å².